The third-order valence-electron chi connectivity index (χ3n) is 5.77. The van der Waals surface area contributed by atoms with Crippen molar-refractivity contribution in [1.82, 2.24) is 9.97 Å². The van der Waals surface area contributed by atoms with Gasteiger partial charge < -0.3 is 10.2 Å². The van der Waals surface area contributed by atoms with Crippen LogP contribution in [0.3, 0.4) is 0 Å². The van der Waals surface area contributed by atoms with E-state index in [1.165, 1.54) is 10.6 Å². The Kier molecular flexibility index (Phi) is 5.60. The van der Waals surface area contributed by atoms with Crippen molar-refractivity contribution in [2.24, 2.45) is 0 Å². The Bertz CT molecular complexity index is 1390. The van der Waals surface area contributed by atoms with Crippen molar-refractivity contribution in [2.45, 2.75) is 13.1 Å². The number of nitrogens with one attached hydrogen (secondary N) is 1. The highest BCUT2D eigenvalue weighted by Crippen LogP contribution is 2.30. The van der Waals surface area contributed by atoms with Crippen LogP contribution in [0.5, 0.6) is 0 Å². The van der Waals surface area contributed by atoms with Crippen LogP contribution in [-0.4, -0.2) is 37.7 Å². The van der Waals surface area contributed by atoms with Crippen LogP contribution >= 0.6 is 0 Å². The number of nitrogens with zero attached hydrogens (tertiary/aromatic N) is 4. The van der Waals surface area contributed by atoms with E-state index in [1.54, 1.807) is 0 Å². The van der Waals surface area contributed by atoms with E-state index in [2.05, 4.69) is 17.4 Å². The molecular formula is C25H25N5O2S. The molecule has 3 aromatic carbocycles. The molecule has 0 amide bonds. The third kappa shape index (κ3) is 4.47. The van der Waals surface area contributed by atoms with Crippen LogP contribution in [0.1, 0.15) is 11.1 Å². The molecule has 8 heteroatoms. The van der Waals surface area contributed by atoms with Gasteiger partial charge in [-0.05, 0) is 29.3 Å². The molecule has 4 aromatic rings. The Morgan fingerprint density at radius 2 is 1.61 bits per heavy atom. The summed E-state index contributed by atoms with van der Waals surface area (Å²) in [5.41, 5.74) is 3.64. The smallest absolute Gasteiger partial charge is 0.232 e. The van der Waals surface area contributed by atoms with Crippen molar-refractivity contribution in [2.75, 3.05) is 33.9 Å². The fraction of sp³-hybridized carbons (Fsp3) is 0.200. The van der Waals surface area contributed by atoms with Crippen LogP contribution < -0.4 is 14.5 Å². The van der Waals surface area contributed by atoms with Crippen LogP contribution in [0.15, 0.2) is 78.9 Å². The molecule has 0 saturated carbocycles. The summed E-state index contributed by atoms with van der Waals surface area (Å²) in [5, 5.41) is 4.42. The van der Waals surface area contributed by atoms with Crippen LogP contribution in [0.2, 0.25) is 0 Å². The number of aromatic nitrogens is 2. The van der Waals surface area contributed by atoms with Gasteiger partial charge in [0, 0.05) is 25.0 Å². The van der Waals surface area contributed by atoms with Gasteiger partial charge in [0.2, 0.25) is 16.0 Å². The van der Waals surface area contributed by atoms with Crippen molar-refractivity contribution in [3.8, 4) is 0 Å². The summed E-state index contributed by atoms with van der Waals surface area (Å²) in [7, 11) is -3.40. The van der Waals surface area contributed by atoms with Gasteiger partial charge in [0.05, 0.1) is 24.0 Å². The molecule has 0 aliphatic carbocycles. The molecule has 1 aliphatic heterocycles. The molecule has 0 saturated heterocycles. The summed E-state index contributed by atoms with van der Waals surface area (Å²) in [6.07, 6.45) is 1.25. The lowest BCUT2D eigenvalue weighted by Gasteiger charge is -2.23. The van der Waals surface area contributed by atoms with E-state index in [9.17, 15) is 8.42 Å². The van der Waals surface area contributed by atoms with E-state index < -0.39 is 10.0 Å². The average Bonchev–Trinajstić information content (AvgIpc) is 3.03. The number of benzene rings is 3. The minimum Gasteiger partial charge on any atom is -0.365 e. The first kappa shape index (κ1) is 21.2. The number of sulfonamides is 1. The zero-order valence-electron chi connectivity index (χ0n) is 18.3. The second-order valence-corrected chi connectivity index (χ2v) is 10.0. The molecular weight excluding hydrogens is 434 g/mol. The van der Waals surface area contributed by atoms with Crippen molar-refractivity contribution in [1.29, 1.82) is 0 Å². The number of fused-ring (bicyclic) bond motifs is 2. The predicted octanol–water partition coefficient (Wildman–Crippen LogP) is 4.03. The number of hydrogen-bond acceptors (Lipinski definition) is 6. The first-order valence-electron chi connectivity index (χ1n) is 10.8. The van der Waals surface area contributed by atoms with Crippen molar-refractivity contribution in [3.05, 3.63) is 90.0 Å². The monoisotopic (exact) mass is 459 g/mol. The van der Waals surface area contributed by atoms with Crippen molar-refractivity contribution in [3.63, 3.8) is 0 Å². The Hall–Kier alpha value is -3.65. The summed E-state index contributed by atoms with van der Waals surface area (Å²) in [4.78, 5) is 11.7. The molecule has 5 rings (SSSR count). The van der Waals surface area contributed by atoms with Gasteiger partial charge in [-0.1, -0.05) is 60.7 Å². The summed E-state index contributed by atoms with van der Waals surface area (Å²) in [5.74, 6) is 1.34. The molecule has 1 aliphatic rings. The van der Waals surface area contributed by atoms with E-state index in [0.29, 0.717) is 37.8 Å². The maximum atomic E-state index is 12.5. The largest absolute Gasteiger partial charge is 0.365 e. The zero-order valence-corrected chi connectivity index (χ0v) is 19.2. The molecule has 7 nitrogen and oxygen atoms in total. The lowest BCUT2D eigenvalue weighted by atomic mass is 10.2. The van der Waals surface area contributed by atoms with Gasteiger partial charge in [-0.15, -0.1) is 0 Å². The highest BCUT2D eigenvalue weighted by Gasteiger charge is 2.26. The minimum absolute atomic E-state index is 0.332. The topological polar surface area (TPSA) is 78.4 Å². The molecule has 33 heavy (non-hydrogen) atoms. The van der Waals surface area contributed by atoms with E-state index in [1.807, 2.05) is 71.6 Å². The predicted molar refractivity (Wildman–Crippen MR) is 133 cm³/mol. The lowest BCUT2D eigenvalue weighted by molar-refractivity contribution is 0.596. The molecule has 2 heterocycles. The lowest BCUT2D eigenvalue weighted by Crippen LogP contribution is -2.35. The van der Waals surface area contributed by atoms with Gasteiger partial charge in [0.25, 0.3) is 0 Å². The number of rotatable bonds is 5. The van der Waals surface area contributed by atoms with Gasteiger partial charge >= 0.3 is 0 Å². The standard InChI is InChI=1S/C25H25N5O2S/c1-33(31,32)30-16-15-29(18-20-11-5-8-14-23(20)30)25-27-22-13-7-6-12-21(22)24(28-25)26-17-19-9-3-2-4-10-19/h2-14H,15-18H2,1H3,(H,26,27,28). The molecule has 0 spiro atoms. The van der Waals surface area contributed by atoms with Crippen LogP contribution in [-0.2, 0) is 23.1 Å². The quantitative estimate of drug-likeness (QED) is 0.486. The highest BCUT2D eigenvalue weighted by molar-refractivity contribution is 7.92. The fourth-order valence-electron chi connectivity index (χ4n) is 4.14. The molecule has 0 unspecified atom stereocenters. The second-order valence-electron chi connectivity index (χ2n) is 8.11. The first-order chi connectivity index (χ1) is 16.0. The third-order valence-corrected chi connectivity index (χ3v) is 6.95. The van der Waals surface area contributed by atoms with Crippen molar-refractivity contribution < 1.29 is 8.42 Å². The van der Waals surface area contributed by atoms with Gasteiger partial charge in [0.1, 0.15) is 5.82 Å². The Morgan fingerprint density at radius 3 is 2.42 bits per heavy atom. The summed E-state index contributed by atoms with van der Waals surface area (Å²) < 4.78 is 26.4. The Balaban J connectivity index is 1.52. The van der Waals surface area contributed by atoms with Crippen molar-refractivity contribution >= 4 is 38.4 Å². The van der Waals surface area contributed by atoms with Gasteiger partial charge in [-0.25, -0.2) is 13.4 Å². The molecule has 0 radical (unpaired) electrons. The van der Waals surface area contributed by atoms with E-state index >= 15 is 0 Å². The van der Waals surface area contributed by atoms with Gasteiger partial charge in [-0.2, -0.15) is 4.98 Å². The SMILES string of the molecule is CS(=O)(=O)N1CCN(c2nc(NCc3ccccc3)c3ccccc3n2)Cc2ccccc21. The van der Waals surface area contributed by atoms with Gasteiger partial charge in [-0.3, -0.25) is 4.31 Å². The second kappa shape index (κ2) is 8.71. The maximum absolute atomic E-state index is 12.5. The molecule has 0 fully saturated rings. The van der Waals surface area contributed by atoms with E-state index in [4.69, 9.17) is 9.97 Å². The normalized spacial score (nSPS) is 14.1. The highest BCUT2D eigenvalue weighted by atomic mass is 32.2. The Morgan fingerprint density at radius 1 is 0.879 bits per heavy atom. The van der Waals surface area contributed by atoms with Crippen LogP contribution in [0.4, 0.5) is 17.5 Å². The number of anilines is 3. The van der Waals surface area contributed by atoms with Gasteiger partial charge in [0.15, 0.2) is 0 Å². The van der Waals surface area contributed by atoms with Crippen LogP contribution in [0.25, 0.3) is 10.9 Å². The molecule has 1 aromatic heterocycles. The maximum Gasteiger partial charge on any atom is 0.232 e. The first-order valence-corrected chi connectivity index (χ1v) is 12.7. The van der Waals surface area contributed by atoms with E-state index in [-0.39, 0.29) is 0 Å². The number of para-hydroxylation sites is 2. The molecule has 1 N–H and O–H groups in total. The molecule has 168 valence electrons. The van der Waals surface area contributed by atoms with E-state index in [0.717, 1.165) is 27.8 Å². The van der Waals surface area contributed by atoms with Crippen LogP contribution in [0, 0.1) is 0 Å². The zero-order chi connectivity index (χ0) is 22.8. The summed E-state index contributed by atoms with van der Waals surface area (Å²) in [6, 6.07) is 25.7. The minimum atomic E-state index is -3.40. The fourth-order valence-corrected chi connectivity index (χ4v) is 5.09. The molecule has 0 atom stereocenters. The summed E-state index contributed by atoms with van der Waals surface area (Å²) >= 11 is 0. The average molecular weight is 460 g/mol. The Labute approximate surface area is 193 Å². The summed E-state index contributed by atoms with van der Waals surface area (Å²) in [6.45, 7) is 1.99. The number of hydrogen-bond donors (Lipinski definition) is 1. The molecule has 0 bridgehead atoms.